The maximum absolute atomic E-state index is 13.5. The molecule has 4 aromatic rings. The minimum Gasteiger partial charge on any atom is -0.423 e. The lowest BCUT2D eigenvalue weighted by molar-refractivity contribution is -0.128. The maximum atomic E-state index is 13.5. The number of rotatable bonds is 4. The molecule has 0 radical (unpaired) electrons. The van der Waals surface area contributed by atoms with Gasteiger partial charge in [-0.25, -0.2) is 9.78 Å². The van der Waals surface area contributed by atoms with Gasteiger partial charge >= 0.3 is 5.97 Å². The molecule has 3 aromatic carbocycles. The number of fused-ring (bicyclic) bond motifs is 3. The predicted molar refractivity (Wildman–Crippen MR) is 141 cm³/mol. The Morgan fingerprint density at radius 1 is 1.03 bits per heavy atom. The molecule has 34 heavy (non-hydrogen) atoms. The molecule has 1 aliphatic heterocycles. The minimum absolute atomic E-state index is 0.376. The van der Waals surface area contributed by atoms with Crippen LogP contribution in [0.5, 0.6) is 5.75 Å². The van der Waals surface area contributed by atoms with E-state index in [0.29, 0.717) is 17.7 Å². The Morgan fingerprint density at radius 3 is 2.65 bits per heavy atom. The molecule has 0 amide bonds. The van der Waals surface area contributed by atoms with Gasteiger partial charge in [0.1, 0.15) is 5.75 Å². The number of anilines is 2. The van der Waals surface area contributed by atoms with Crippen LogP contribution in [-0.2, 0) is 4.79 Å². The van der Waals surface area contributed by atoms with Crippen LogP contribution in [0.3, 0.4) is 0 Å². The highest BCUT2D eigenvalue weighted by atomic mass is 35.7. The third kappa shape index (κ3) is 3.64. The van der Waals surface area contributed by atoms with E-state index in [1.807, 2.05) is 66.7 Å². The molecule has 7 heteroatoms. The Hall–Kier alpha value is -3.32. The van der Waals surface area contributed by atoms with Gasteiger partial charge in [0.15, 0.2) is 5.13 Å². The summed E-state index contributed by atoms with van der Waals surface area (Å²) in [5.41, 5.74) is 5.16. The number of carbonyl (C=O) groups excluding carboxylic acids is 1. The van der Waals surface area contributed by atoms with Crippen molar-refractivity contribution >= 4 is 65.6 Å². The van der Waals surface area contributed by atoms with Gasteiger partial charge in [0.05, 0.1) is 27.2 Å². The lowest BCUT2D eigenvalue weighted by Gasteiger charge is -2.35. The van der Waals surface area contributed by atoms with E-state index in [1.165, 1.54) is 0 Å². The van der Waals surface area contributed by atoms with E-state index in [0.717, 1.165) is 53.7 Å². The molecule has 0 unspecified atom stereocenters. The highest BCUT2D eigenvalue weighted by Gasteiger charge is 2.35. The van der Waals surface area contributed by atoms with Crippen molar-refractivity contribution in [1.29, 1.82) is 0 Å². The van der Waals surface area contributed by atoms with Crippen LogP contribution < -0.4 is 9.64 Å². The molecule has 6 rings (SSSR count). The summed E-state index contributed by atoms with van der Waals surface area (Å²) in [7, 11) is 6.94. The summed E-state index contributed by atoms with van der Waals surface area (Å²) in [5, 5.41) is 0.870. The van der Waals surface area contributed by atoms with Crippen molar-refractivity contribution in [2.24, 2.45) is 0 Å². The van der Waals surface area contributed by atoms with Gasteiger partial charge in [0.2, 0.25) is 0 Å². The summed E-state index contributed by atoms with van der Waals surface area (Å²) in [5.74, 6) is 0.106. The number of thiazole rings is 1. The number of carbonyl (C=O) groups is 1. The third-order valence-corrected chi connectivity index (χ3v) is 7.79. The van der Waals surface area contributed by atoms with Crippen LogP contribution in [0.4, 0.5) is 10.8 Å². The van der Waals surface area contributed by atoms with Crippen molar-refractivity contribution in [3.05, 3.63) is 108 Å². The largest absolute Gasteiger partial charge is 0.423 e. The Balaban J connectivity index is 1.47. The summed E-state index contributed by atoms with van der Waals surface area (Å²) < 4.78 is 6.94. The second-order valence-corrected chi connectivity index (χ2v) is 9.89. The molecule has 2 heterocycles. The Labute approximate surface area is 209 Å². The van der Waals surface area contributed by atoms with Crippen LogP contribution in [0.1, 0.15) is 12.0 Å². The maximum Gasteiger partial charge on any atom is 0.344 e. The van der Waals surface area contributed by atoms with E-state index in [-0.39, 0.29) is 5.97 Å². The van der Waals surface area contributed by atoms with E-state index in [2.05, 4.69) is 17.0 Å². The average molecular weight is 501 g/mol. The standard InChI is InChI=1S/C27H17ClN2O2S2/c28-34-18-15-13-17(14-16-18)32-26(31)25-19-7-1-4-10-22(19)30(23-11-5-2-8-20(23)25)27-29-21-9-3-6-12-24(21)33-27/h1-7,9-16H,8H2. The zero-order valence-electron chi connectivity index (χ0n) is 17.8. The summed E-state index contributed by atoms with van der Waals surface area (Å²) >= 11 is 1.64. The van der Waals surface area contributed by atoms with Gasteiger partial charge in [0, 0.05) is 10.5 Å². The van der Waals surface area contributed by atoms with Crippen molar-refractivity contribution in [3.8, 4) is 5.75 Å². The van der Waals surface area contributed by atoms with E-state index < -0.39 is 0 Å². The number of benzene rings is 3. The van der Waals surface area contributed by atoms with Gasteiger partial charge in [0.25, 0.3) is 0 Å². The Kier molecular flexibility index (Phi) is 5.49. The Bertz CT molecular complexity index is 1490. The number of aromatic nitrogens is 1. The van der Waals surface area contributed by atoms with Crippen LogP contribution in [0.25, 0.3) is 15.8 Å². The molecule has 0 fully saturated rings. The molecule has 0 atom stereocenters. The zero-order valence-corrected chi connectivity index (χ0v) is 20.2. The SMILES string of the molecule is O=C(Oc1ccc(SCl)cc1)C1=C2CC=CC=C2N(c2nc3ccccc3s2)c2ccccc21. The van der Waals surface area contributed by atoms with Crippen molar-refractivity contribution in [3.63, 3.8) is 0 Å². The molecule has 0 spiro atoms. The summed E-state index contributed by atoms with van der Waals surface area (Å²) in [6.07, 6.45) is 6.76. The predicted octanol–water partition coefficient (Wildman–Crippen LogP) is 7.90. The number of hydrogen-bond donors (Lipinski definition) is 0. The van der Waals surface area contributed by atoms with Crippen LogP contribution in [0.15, 0.2) is 107 Å². The molecule has 1 aromatic heterocycles. The molecule has 4 nitrogen and oxygen atoms in total. The quantitative estimate of drug-likeness (QED) is 0.210. The topological polar surface area (TPSA) is 42.4 Å². The molecule has 0 N–H and O–H groups in total. The van der Waals surface area contributed by atoms with E-state index in [4.69, 9.17) is 20.4 Å². The monoisotopic (exact) mass is 500 g/mol. The molecule has 0 saturated carbocycles. The molecule has 0 bridgehead atoms. The first-order valence-electron chi connectivity index (χ1n) is 10.7. The van der Waals surface area contributed by atoms with Gasteiger partial charge in [-0.05, 0) is 82.2 Å². The zero-order chi connectivity index (χ0) is 23.1. The molecule has 1 aliphatic carbocycles. The van der Waals surface area contributed by atoms with E-state index >= 15 is 0 Å². The highest BCUT2D eigenvalue weighted by molar-refractivity contribution is 8.21. The third-order valence-electron chi connectivity index (χ3n) is 5.78. The van der Waals surface area contributed by atoms with Crippen molar-refractivity contribution in [2.75, 3.05) is 4.90 Å². The van der Waals surface area contributed by atoms with Gasteiger partial charge in [-0.3, -0.25) is 4.90 Å². The fraction of sp³-hybridized carbons (Fsp3) is 0.0370. The normalized spacial score (nSPS) is 14.6. The number of ether oxygens (including phenoxy) is 1. The molecular formula is C27H17ClN2O2S2. The Morgan fingerprint density at radius 2 is 1.82 bits per heavy atom. The molecular weight excluding hydrogens is 484 g/mol. The molecule has 166 valence electrons. The first kappa shape index (κ1) is 21.2. The number of halogens is 1. The smallest absolute Gasteiger partial charge is 0.344 e. The molecule has 0 saturated heterocycles. The van der Waals surface area contributed by atoms with E-state index in [1.54, 1.807) is 23.5 Å². The summed E-state index contributed by atoms with van der Waals surface area (Å²) in [4.78, 5) is 21.5. The van der Waals surface area contributed by atoms with Crippen LogP contribution in [-0.4, -0.2) is 11.0 Å². The van der Waals surface area contributed by atoms with Crippen LogP contribution in [0.2, 0.25) is 0 Å². The van der Waals surface area contributed by atoms with Crippen LogP contribution >= 0.6 is 33.0 Å². The van der Waals surface area contributed by atoms with Gasteiger partial charge in [-0.2, -0.15) is 0 Å². The van der Waals surface area contributed by atoms with Gasteiger partial charge in [-0.1, -0.05) is 53.8 Å². The number of esters is 1. The average Bonchev–Trinajstić information content (AvgIpc) is 3.31. The lowest BCUT2D eigenvalue weighted by Crippen LogP contribution is -2.27. The van der Waals surface area contributed by atoms with Crippen LogP contribution in [0, 0.1) is 0 Å². The summed E-state index contributed by atoms with van der Waals surface area (Å²) in [6, 6.07) is 23.2. The second kappa shape index (κ2) is 8.80. The number of para-hydroxylation sites is 2. The number of hydrogen-bond acceptors (Lipinski definition) is 6. The van der Waals surface area contributed by atoms with Gasteiger partial charge in [-0.15, -0.1) is 0 Å². The van der Waals surface area contributed by atoms with Crippen molar-refractivity contribution in [2.45, 2.75) is 11.3 Å². The first-order valence-corrected chi connectivity index (χ1v) is 13.1. The number of nitrogens with zero attached hydrogens (tertiary/aromatic N) is 2. The van der Waals surface area contributed by atoms with Gasteiger partial charge < -0.3 is 4.74 Å². The fourth-order valence-corrected chi connectivity index (χ4v) is 5.82. The molecule has 2 aliphatic rings. The highest BCUT2D eigenvalue weighted by Crippen LogP contribution is 2.48. The first-order chi connectivity index (χ1) is 16.7. The minimum atomic E-state index is -0.376. The lowest BCUT2D eigenvalue weighted by atomic mass is 9.87. The van der Waals surface area contributed by atoms with E-state index in [9.17, 15) is 4.79 Å². The summed E-state index contributed by atoms with van der Waals surface area (Å²) in [6.45, 7) is 0. The fourth-order valence-electron chi connectivity index (χ4n) is 4.27. The van der Waals surface area contributed by atoms with Crippen molar-refractivity contribution in [1.82, 2.24) is 4.98 Å². The number of allylic oxidation sites excluding steroid dienone is 4. The second-order valence-electron chi connectivity index (χ2n) is 7.79. The van der Waals surface area contributed by atoms with Crippen molar-refractivity contribution < 1.29 is 9.53 Å².